The Balaban J connectivity index is 0.000000246. The monoisotopic (exact) mass is 264 g/mol. The van der Waals surface area contributed by atoms with Crippen LogP contribution in [0.25, 0.3) is 0 Å². The van der Waals surface area contributed by atoms with Crippen molar-refractivity contribution >= 4 is 0 Å². The minimum Gasteiger partial charge on any atom is -0.462 e. The molecule has 0 bridgehead atoms. The van der Waals surface area contributed by atoms with Crippen LogP contribution in [0.4, 0.5) is 0 Å². The Labute approximate surface area is 120 Å². The van der Waals surface area contributed by atoms with Gasteiger partial charge in [0.2, 0.25) is 0 Å². The number of rotatable bonds is 3. The molecule has 2 nitrogen and oxygen atoms in total. The minimum atomic E-state index is 0.590. The van der Waals surface area contributed by atoms with Crippen LogP contribution in [0.5, 0.6) is 11.5 Å². The van der Waals surface area contributed by atoms with E-state index in [4.69, 9.17) is 16.3 Å². The number of aliphatic hydroxyl groups excluding tert-OH is 1. The minimum absolute atomic E-state index is 0.590. The molecule has 0 amide bonds. The summed E-state index contributed by atoms with van der Waals surface area (Å²) in [5.41, 5.74) is 0. The van der Waals surface area contributed by atoms with E-state index in [0.717, 1.165) is 11.5 Å². The van der Waals surface area contributed by atoms with E-state index < -0.39 is 0 Å². The largest absolute Gasteiger partial charge is 0.462 e. The van der Waals surface area contributed by atoms with Crippen molar-refractivity contribution in [2.24, 2.45) is 0 Å². The van der Waals surface area contributed by atoms with Gasteiger partial charge in [-0.3, -0.25) is 0 Å². The van der Waals surface area contributed by atoms with Crippen LogP contribution in [-0.2, 0) is 0 Å². The standard InChI is InChI=1S/C12H10O.C6H6O/c1-3-7-11(8-4-1)13-12-9-5-2-6-10-12;1-2-3-4-5-6-7/h1-10H;1,7H,3-4H2. The maximum atomic E-state index is 7.86. The van der Waals surface area contributed by atoms with Crippen molar-refractivity contribution in [1.29, 1.82) is 0 Å². The van der Waals surface area contributed by atoms with Crippen LogP contribution >= 0.6 is 0 Å². The first-order valence-corrected chi connectivity index (χ1v) is 6.20. The van der Waals surface area contributed by atoms with Gasteiger partial charge in [0, 0.05) is 12.8 Å². The Morgan fingerprint density at radius 1 is 0.850 bits per heavy atom. The molecular weight excluding hydrogens is 248 g/mol. The van der Waals surface area contributed by atoms with Gasteiger partial charge in [0.15, 0.2) is 0 Å². The number of unbranched alkanes of at least 4 members (excludes halogenated alkanes) is 1. The molecule has 0 aliphatic rings. The van der Waals surface area contributed by atoms with E-state index in [1.165, 1.54) is 0 Å². The van der Waals surface area contributed by atoms with E-state index in [1.54, 1.807) is 6.11 Å². The predicted octanol–water partition coefficient (Wildman–Crippen LogP) is 4.21. The Kier molecular flexibility index (Phi) is 7.70. The fourth-order valence-electron chi connectivity index (χ4n) is 1.30. The van der Waals surface area contributed by atoms with Crippen LogP contribution in [0.2, 0.25) is 0 Å². The highest BCUT2D eigenvalue weighted by Gasteiger charge is 1.92. The summed E-state index contributed by atoms with van der Waals surface area (Å²) in [5.74, 6) is 6.54. The molecule has 2 rings (SSSR count). The molecule has 0 unspecified atom stereocenters. The number of terminal acetylenes is 1. The summed E-state index contributed by atoms with van der Waals surface area (Å²) in [6, 6.07) is 19.5. The van der Waals surface area contributed by atoms with Gasteiger partial charge in [-0.05, 0) is 24.3 Å². The van der Waals surface area contributed by atoms with Crippen LogP contribution in [0, 0.1) is 24.4 Å². The van der Waals surface area contributed by atoms with Crippen LogP contribution in [0.1, 0.15) is 12.8 Å². The average Bonchev–Trinajstić information content (AvgIpc) is 2.51. The zero-order valence-electron chi connectivity index (χ0n) is 11.1. The number of aliphatic hydroxyl groups is 1. The smallest absolute Gasteiger partial charge is 0.127 e. The van der Waals surface area contributed by atoms with E-state index in [-0.39, 0.29) is 0 Å². The summed E-state index contributed by atoms with van der Waals surface area (Å²) < 4.78 is 5.58. The summed E-state index contributed by atoms with van der Waals surface area (Å²) in [7, 11) is 0. The van der Waals surface area contributed by atoms with Crippen molar-refractivity contribution in [3.63, 3.8) is 0 Å². The van der Waals surface area contributed by atoms with Crippen molar-refractivity contribution in [2.45, 2.75) is 12.8 Å². The van der Waals surface area contributed by atoms with E-state index in [2.05, 4.69) is 11.8 Å². The molecule has 20 heavy (non-hydrogen) atoms. The van der Waals surface area contributed by atoms with Gasteiger partial charge in [-0.2, -0.15) is 0 Å². The van der Waals surface area contributed by atoms with Gasteiger partial charge >= 0.3 is 0 Å². The van der Waals surface area contributed by atoms with Crippen molar-refractivity contribution in [3.05, 3.63) is 60.7 Å². The molecular formula is C18H16O2. The van der Waals surface area contributed by atoms with Gasteiger partial charge in [-0.25, -0.2) is 0 Å². The summed E-state index contributed by atoms with van der Waals surface area (Å²) >= 11 is 0. The van der Waals surface area contributed by atoms with Crippen LogP contribution < -0.4 is 4.74 Å². The highest BCUT2D eigenvalue weighted by Crippen LogP contribution is 2.19. The van der Waals surface area contributed by atoms with Gasteiger partial charge in [0.25, 0.3) is 0 Å². The number of ether oxygens (including phenoxy) is 1. The number of para-hydroxylation sites is 2. The quantitative estimate of drug-likeness (QED) is 0.664. The van der Waals surface area contributed by atoms with Gasteiger partial charge in [-0.1, -0.05) is 42.3 Å². The first-order chi connectivity index (χ1) is 9.86. The predicted molar refractivity (Wildman–Crippen MR) is 80.7 cm³/mol. The Morgan fingerprint density at radius 3 is 1.75 bits per heavy atom. The lowest BCUT2D eigenvalue weighted by atomic mass is 10.3. The van der Waals surface area contributed by atoms with E-state index in [0.29, 0.717) is 12.8 Å². The van der Waals surface area contributed by atoms with Gasteiger partial charge < -0.3 is 9.84 Å². The first kappa shape index (κ1) is 15.2. The summed E-state index contributed by atoms with van der Waals surface area (Å²) in [4.78, 5) is 0. The van der Waals surface area contributed by atoms with Crippen molar-refractivity contribution < 1.29 is 9.84 Å². The maximum Gasteiger partial charge on any atom is 0.127 e. The highest BCUT2D eigenvalue weighted by atomic mass is 16.5. The lowest BCUT2D eigenvalue weighted by molar-refractivity contribution is 0.482. The van der Waals surface area contributed by atoms with Crippen LogP contribution in [0.15, 0.2) is 60.7 Å². The molecule has 0 fully saturated rings. The summed E-state index contributed by atoms with van der Waals surface area (Å²) in [6.07, 6.45) is 7.84. The number of benzene rings is 2. The molecule has 100 valence electrons. The van der Waals surface area contributed by atoms with Crippen molar-refractivity contribution in [3.8, 4) is 35.9 Å². The Bertz CT molecular complexity index is 534. The lowest BCUT2D eigenvalue weighted by Gasteiger charge is -2.03. The molecule has 0 radical (unpaired) electrons. The Hall–Kier alpha value is -2.84. The summed E-state index contributed by atoms with van der Waals surface area (Å²) in [5, 5.41) is 7.86. The molecule has 0 saturated heterocycles. The second-order valence-electron chi connectivity index (χ2n) is 3.72. The fourth-order valence-corrected chi connectivity index (χ4v) is 1.30. The molecule has 0 aliphatic carbocycles. The third kappa shape index (κ3) is 6.79. The van der Waals surface area contributed by atoms with Crippen LogP contribution in [-0.4, -0.2) is 5.11 Å². The third-order valence-electron chi connectivity index (χ3n) is 2.20. The molecule has 2 aromatic carbocycles. The molecule has 2 aromatic rings. The topological polar surface area (TPSA) is 29.5 Å². The molecule has 0 heterocycles. The van der Waals surface area contributed by atoms with Gasteiger partial charge in [-0.15, -0.1) is 12.3 Å². The molecule has 0 spiro atoms. The molecule has 0 saturated carbocycles. The van der Waals surface area contributed by atoms with E-state index in [1.807, 2.05) is 60.7 Å². The first-order valence-electron chi connectivity index (χ1n) is 6.20. The zero-order chi connectivity index (χ0) is 14.5. The fraction of sp³-hybridized carbons (Fsp3) is 0.111. The molecule has 0 atom stereocenters. The Morgan fingerprint density at radius 2 is 1.35 bits per heavy atom. The number of hydrogen-bond acceptors (Lipinski definition) is 2. The van der Waals surface area contributed by atoms with Crippen molar-refractivity contribution in [2.75, 3.05) is 0 Å². The lowest BCUT2D eigenvalue weighted by Crippen LogP contribution is -1.81. The maximum absolute atomic E-state index is 7.86. The molecule has 0 aromatic heterocycles. The third-order valence-corrected chi connectivity index (χ3v) is 2.20. The normalized spacial score (nSPS) is 8.15. The van der Waals surface area contributed by atoms with E-state index in [9.17, 15) is 0 Å². The second-order valence-corrected chi connectivity index (χ2v) is 3.72. The molecule has 1 N–H and O–H groups in total. The average molecular weight is 264 g/mol. The van der Waals surface area contributed by atoms with E-state index >= 15 is 0 Å². The van der Waals surface area contributed by atoms with Crippen LogP contribution in [0.3, 0.4) is 0 Å². The SMILES string of the molecule is C#CCCC#CO.c1ccc(Oc2ccccc2)cc1. The summed E-state index contributed by atoms with van der Waals surface area (Å²) in [6.45, 7) is 0. The number of hydrogen-bond donors (Lipinski definition) is 1. The van der Waals surface area contributed by atoms with Gasteiger partial charge in [0.1, 0.15) is 17.6 Å². The van der Waals surface area contributed by atoms with Gasteiger partial charge in [0.05, 0.1) is 0 Å². The molecule has 0 aliphatic heterocycles. The van der Waals surface area contributed by atoms with Crippen molar-refractivity contribution in [1.82, 2.24) is 0 Å². The highest BCUT2D eigenvalue weighted by molar-refractivity contribution is 5.30. The molecule has 2 heteroatoms. The zero-order valence-corrected chi connectivity index (χ0v) is 11.1. The second kappa shape index (κ2) is 10.1.